The number of likely N-dealkylation sites (tertiary alicyclic amines) is 1. The Balaban J connectivity index is 1.82. The second-order valence-corrected chi connectivity index (χ2v) is 4.45. The first-order chi connectivity index (χ1) is 7.74. The van der Waals surface area contributed by atoms with Crippen molar-refractivity contribution in [2.24, 2.45) is 0 Å². The van der Waals surface area contributed by atoms with E-state index in [4.69, 9.17) is 5.11 Å². The van der Waals surface area contributed by atoms with Gasteiger partial charge in [0.15, 0.2) is 0 Å². The summed E-state index contributed by atoms with van der Waals surface area (Å²) >= 11 is 0. The van der Waals surface area contributed by atoms with E-state index in [-0.39, 0.29) is 12.0 Å². The minimum Gasteiger partial charge on any atom is -0.389 e. The second kappa shape index (κ2) is 3.57. The molecule has 0 saturated carbocycles. The molecule has 1 aromatic carbocycles. The van der Waals surface area contributed by atoms with E-state index >= 15 is 0 Å². The van der Waals surface area contributed by atoms with E-state index in [9.17, 15) is 4.79 Å². The quantitative estimate of drug-likeness (QED) is 0.703. The number of carbonyl (C=O) groups is 1. The van der Waals surface area contributed by atoms with Crippen molar-refractivity contribution in [1.82, 2.24) is 10.2 Å². The number of benzene rings is 1. The molecule has 4 heteroatoms. The number of aliphatic hydroxyl groups excluding tert-OH is 1. The molecular weight excluding hydrogens is 204 g/mol. The molecular formula is C12H14N2O2. The Kier molecular flexibility index (Phi) is 2.19. The number of rotatable bonds is 1. The molecule has 3 rings (SSSR count). The molecule has 1 amide bonds. The van der Waals surface area contributed by atoms with Crippen LogP contribution in [0, 0.1) is 0 Å². The molecule has 1 fully saturated rings. The maximum absolute atomic E-state index is 12.0. The van der Waals surface area contributed by atoms with Gasteiger partial charge >= 0.3 is 0 Å². The lowest BCUT2D eigenvalue weighted by Crippen LogP contribution is -2.53. The largest absolute Gasteiger partial charge is 0.389 e. The number of amides is 1. The predicted molar refractivity (Wildman–Crippen MR) is 58.9 cm³/mol. The maximum atomic E-state index is 12.0. The fourth-order valence-electron chi connectivity index (χ4n) is 2.23. The molecule has 2 aliphatic heterocycles. The molecule has 0 unspecified atom stereocenters. The molecule has 4 nitrogen and oxygen atoms in total. The molecule has 16 heavy (non-hydrogen) atoms. The summed E-state index contributed by atoms with van der Waals surface area (Å²) in [5.74, 6) is 0.0278. The minimum absolute atomic E-state index is 0.0278. The average Bonchev–Trinajstić information content (AvgIpc) is 2.70. The van der Waals surface area contributed by atoms with Gasteiger partial charge in [-0.15, -0.1) is 0 Å². The van der Waals surface area contributed by atoms with Gasteiger partial charge in [-0.05, 0) is 23.3 Å². The van der Waals surface area contributed by atoms with Gasteiger partial charge in [0.05, 0.1) is 6.10 Å². The standard InChI is InChI=1S/C12H14N2O2/c15-11-6-14(7-11)12(16)8-1-2-9-4-13-5-10(9)3-8/h1-3,11,13,15H,4-7H2. The van der Waals surface area contributed by atoms with Gasteiger partial charge in [0.1, 0.15) is 0 Å². The van der Waals surface area contributed by atoms with Crippen molar-refractivity contribution in [3.63, 3.8) is 0 Å². The van der Waals surface area contributed by atoms with Crippen LogP contribution in [-0.4, -0.2) is 35.1 Å². The van der Waals surface area contributed by atoms with E-state index in [0.29, 0.717) is 13.1 Å². The van der Waals surface area contributed by atoms with Crippen molar-refractivity contribution < 1.29 is 9.90 Å². The zero-order valence-corrected chi connectivity index (χ0v) is 8.94. The van der Waals surface area contributed by atoms with Crippen LogP contribution in [0.2, 0.25) is 0 Å². The molecule has 2 heterocycles. The van der Waals surface area contributed by atoms with Crippen LogP contribution in [0.5, 0.6) is 0 Å². The van der Waals surface area contributed by atoms with Crippen LogP contribution < -0.4 is 5.32 Å². The Morgan fingerprint density at radius 3 is 2.81 bits per heavy atom. The Hall–Kier alpha value is -1.39. The molecule has 2 aliphatic rings. The van der Waals surface area contributed by atoms with Gasteiger partial charge < -0.3 is 15.3 Å². The lowest BCUT2D eigenvalue weighted by Gasteiger charge is -2.35. The number of nitrogens with one attached hydrogen (secondary N) is 1. The number of hydrogen-bond acceptors (Lipinski definition) is 3. The molecule has 84 valence electrons. The van der Waals surface area contributed by atoms with Crippen molar-refractivity contribution >= 4 is 5.91 Å². The Morgan fingerprint density at radius 1 is 1.31 bits per heavy atom. The van der Waals surface area contributed by atoms with Crippen molar-refractivity contribution in [3.8, 4) is 0 Å². The van der Waals surface area contributed by atoms with Crippen LogP contribution in [0.3, 0.4) is 0 Å². The van der Waals surface area contributed by atoms with Gasteiger partial charge in [-0.3, -0.25) is 4.79 Å². The summed E-state index contributed by atoms with van der Waals surface area (Å²) in [6.45, 7) is 2.67. The van der Waals surface area contributed by atoms with Crippen LogP contribution >= 0.6 is 0 Å². The lowest BCUT2D eigenvalue weighted by molar-refractivity contribution is 0.00589. The molecule has 0 radical (unpaired) electrons. The fourth-order valence-corrected chi connectivity index (χ4v) is 2.23. The lowest BCUT2D eigenvalue weighted by atomic mass is 10.0. The summed E-state index contributed by atoms with van der Waals surface area (Å²) in [4.78, 5) is 13.6. The van der Waals surface area contributed by atoms with Gasteiger partial charge in [-0.25, -0.2) is 0 Å². The predicted octanol–water partition coefficient (Wildman–Crippen LogP) is 0.107. The van der Waals surface area contributed by atoms with Crippen LogP contribution in [0.1, 0.15) is 21.5 Å². The van der Waals surface area contributed by atoms with Gasteiger partial charge in [-0.2, -0.15) is 0 Å². The number of nitrogens with zero attached hydrogens (tertiary/aromatic N) is 1. The smallest absolute Gasteiger partial charge is 0.254 e. The molecule has 1 saturated heterocycles. The van der Waals surface area contributed by atoms with E-state index in [2.05, 4.69) is 5.32 Å². The zero-order valence-electron chi connectivity index (χ0n) is 8.94. The van der Waals surface area contributed by atoms with Crippen molar-refractivity contribution in [2.45, 2.75) is 19.2 Å². The highest BCUT2D eigenvalue weighted by molar-refractivity contribution is 5.95. The SMILES string of the molecule is O=C(c1ccc2c(c1)CNC2)N1CC(O)C1. The van der Waals surface area contributed by atoms with Gasteiger partial charge in [0, 0.05) is 31.7 Å². The monoisotopic (exact) mass is 218 g/mol. The summed E-state index contributed by atoms with van der Waals surface area (Å²) in [6, 6.07) is 5.85. The average molecular weight is 218 g/mol. The molecule has 0 aliphatic carbocycles. The Labute approximate surface area is 93.9 Å². The first kappa shape index (κ1) is 9.81. The first-order valence-corrected chi connectivity index (χ1v) is 5.54. The van der Waals surface area contributed by atoms with E-state index in [1.165, 1.54) is 11.1 Å². The van der Waals surface area contributed by atoms with Crippen molar-refractivity contribution in [3.05, 3.63) is 34.9 Å². The van der Waals surface area contributed by atoms with Crippen molar-refractivity contribution in [2.75, 3.05) is 13.1 Å². The molecule has 0 atom stereocenters. The van der Waals surface area contributed by atoms with Gasteiger partial charge in [-0.1, -0.05) is 6.07 Å². The second-order valence-electron chi connectivity index (χ2n) is 4.45. The zero-order chi connectivity index (χ0) is 11.1. The van der Waals surface area contributed by atoms with E-state index < -0.39 is 0 Å². The summed E-state index contributed by atoms with van der Waals surface area (Å²) in [5, 5.41) is 12.4. The highest BCUT2D eigenvalue weighted by Gasteiger charge is 2.29. The summed E-state index contributed by atoms with van der Waals surface area (Å²) in [6.07, 6.45) is -0.333. The molecule has 0 aromatic heterocycles. The summed E-state index contributed by atoms with van der Waals surface area (Å²) in [5.41, 5.74) is 3.22. The van der Waals surface area contributed by atoms with E-state index in [0.717, 1.165) is 18.7 Å². The summed E-state index contributed by atoms with van der Waals surface area (Å²) in [7, 11) is 0. The maximum Gasteiger partial charge on any atom is 0.254 e. The highest BCUT2D eigenvalue weighted by Crippen LogP contribution is 2.19. The third kappa shape index (κ3) is 1.50. The number of β-amino-alcohol motifs (C(OH)–C–C–N with tert-alkyl or cyclic N) is 1. The minimum atomic E-state index is -0.333. The molecule has 2 N–H and O–H groups in total. The normalized spacial score (nSPS) is 19.4. The molecule has 0 bridgehead atoms. The fraction of sp³-hybridized carbons (Fsp3) is 0.417. The van der Waals surface area contributed by atoms with Crippen LogP contribution in [0.25, 0.3) is 0 Å². The third-order valence-electron chi connectivity index (χ3n) is 3.23. The number of carbonyl (C=O) groups excluding carboxylic acids is 1. The molecule has 0 spiro atoms. The summed E-state index contributed by atoms with van der Waals surface area (Å²) < 4.78 is 0. The number of hydrogen-bond donors (Lipinski definition) is 2. The first-order valence-electron chi connectivity index (χ1n) is 5.54. The van der Waals surface area contributed by atoms with Crippen LogP contribution in [0.4, 0.5) is 0 Å². The Morgan fingerprint density at radius 2 is 2.06 bits per heavy atom. The third-order valence-corrected chi connectivity index (χ3v) is 3.23. The molecule has 1 aromatic rings. The van der Waals surface area contributed by atoms with Crippen LogP contribution in [0.15, 0.2) is 18.2 Å². The van der Waals surface area contributed by atoms with Gasteiger partial charge in [0.25, 0.3) is 5.91 Å². The van der Waals surface area contributed by atoms with Gasteiger partial charge in [0.2, 0.25) is 0 Å². The number of aliphatic hydroxyl groups is 1. The highest BCUT2D eigenvalue weighted by atomic mass is 16.3. The van der Waals surface area contributed by atoms with Crippen LogP contribution in [-0.2, 0) is 13.1 Å². The van der Waals surface area contributed by atoms with E-state index in [1.807, 2.05) is 18.2 Å². The Bertz CT molecular complexity index is 439. The number of fused-ring (bicyclic) bond motifs is 1. The van der Waals surface area contributed by atoms with Crippen molar-refractivity contribution in [1.29, 1.82) is 0 Å². The topological polar surface area (TPSA) is 52.6 Å². The van der Waals surface area contributed by atoms with E-state index in [1.54, 1.807) is 4.90 Å².